The number of aromatic nitrogens is 1. The first-order valence-electron chi connectivity index (χ1n) is 6.11. The Morgan fingerprint density at radius 3 is 2.52 bits per heavy atom. The molecule has 2 rings (SSSR count). The Bertz CT molecular complexity index is 757. The van der Waals surface area contributed by atoms with Crippen LogP contribution in [0, 0.1) is 6.92 Å². The van der Waals surface area contributed by atoms with E-state index in [1.807, 2.05) is 0 Å². The van der Waals surface area contributed by atoms with Crippen molar-refractivity contribution in [3.05, 3.63) is 51.5 Å². The van der Waals surface area contributed by atoms with Crippen molar-refractivity contribution in [1.29, 1.82) is 0 Å². The summed E-state index contributed by atoms with van der Waals surface area (Å²) < 4.78 is 10.7. The van der Waals surface area contributed by atoms with Gasteiger partial charge in [0, 0.05) is 7.05 Å². The molecular weight excluding hydrogens is 276 g/mol. The van der Waals surface area contributed by atoms with Crippen molar-refractivity contribution >= 4 is 17.6 Å². The Kier molecular flexibility index (Phi) is 3.93. The number of esters is 1. The van der Waals surface area contributed by atoms with Gasteiger partial charge in [-0.15, -0.1) is 0 Å². The van der Waals surface area contributed by atoms with E-state index in [1.165, 1.54) is 25.0 Å². The number of aryl methyl sites for hydroxylation is 1. The standard InChI is InChI=1S/C14H14N2O5/c1-8-11(14(19)21-16(8)2)12(17)15-10-7-5-4-6-9(10)13(18)20-3/h4-7H,1-3H3,(H,15,17). The molecule has 0 spiro atoms. The van der Waals surface area contributed by atoms with Gasteiger partial charge in [-0.3, -0.25) is 4.79 Å². The van der Waals surface area contributed by atoms with Crippen LogP contribution < -0.4 is 10.9 Å². The van der Waals surface area contributed by atoms with Crippen LogP contribution in [0.15, 0.2) is 33.6 Å². The normalized spacial score (nSPS) is 10.2. The van der Waals surface area contributed by atoms with Gasteiger partial charge >= 0.3 is 11.6 Å². The predicted octanol–water partition coefficient (Wildman–Crippen LogP) is 1.33. The molecule has 0 aliphatic carbocycles. The number of hydrogen-bond acceptors (Lipinski definition) is 5. The van der Waals surface area contributed by atoms with E-state index in [0.29, 0.717) is 5.69 Å². The number of ether oxygens (including phenoxy) is 1. The van der Waals surface area contributed by atoms with Gasteiger partial charge < -0.3 is 14.6 Å². The highest BCUT2D eigenvalue weighted by molar-refractivity contribution is 6.08. The fourth-order valence-corrected chi connectivity index (χ4v) is 1.87. The quantitative estimate of drug-likeness (QED) is 0.861. The van der Waals surface area contributed by atoms with E-state index in [1.54, 1.807) is 25.1 Å². The van der Waals surface area contributed by atoms with Crippen LogP contribution in [0.4, 0.5) is 5.69 Å². The average molecular weight is 290 g/mol. The Hall–Kier alpha value is -2.83. The number of carbonyl (C=O) groups is 2. The Balaban J connectivity index is 2.37. The van der Waals surface area contributed by atoms with Gasteiger partial charge in [0.15, 0.2) is 0 Å². The third-order valence-electron chi connectivity index (χ3n) is 3.07. The monoisotopic (exact) mass is 290 g/mol. The number of rotatable bonds is 3. The fraction of sp³-hybridized carbons (Fsp3) is 0.214. The first kappa shape index (κ1) is 14.6. The van der Waals surface area contributed by atoms with Gasteiger partial charge in [-0.25, -0.2) is 14.3 Å². The minimum Gasteiger partial charge on any atom is -0.465 e. The SMILES string of the molecule is COC(=O)c1ccccc1NC(=O)c1c(C)n(C)oc1=O. The number of nitrogens with zero attached hydrogens (tertiary/aromatic N) is 1. The molecule has 0 saturated heterocycles. The summed E-state index contributed by atoms with van der Waals surface area (Å²) in [6, 6.07) is 6.36. The molecule has 0 aliphatic heterocycles. The van der Waals surface area contributed by atoms with Crippen molar-refractivity contribution in [2.24, 2.45) is 7.05 Å². The lowest BCUT2D eigenvalue weighted by Crippen LogP contribution is -2.21. The maximum atomic E-state index is 12.2. The molecule has 0 unspecified atom stereocenters. The number of anilines is 1. The van der Waals surface area contributed by atoms with E-state index in [-0.39, 0.29) is 16.8 Å². The van der Waals surface area contributed by atoms with E-state index in [4.69, 9.17) is 4.52 Å². The third-order valence-corrected chi connectivity index (χ3v) is 3.07. The number of methoxy groups -OCH3 is 1. The number of carbonyl (C=O) groups excluding carboxylic acids is 2. The highest BCUT2D eigenvalue weighted by Crippen LogP contribution is 2.17. The second-order valence-corrected chi connectivity index (χ2v) is 4.33. The summed E-state index contributed by atoms with van der Waals surface area (Å²) in [5.74, 6) is -1.22. The van der Waals surface area contributed by atoms with E-state index < -0.39 is 17.5 Å². The molecule has 1 N–H and O–H groups in total. The van der Waals surface area contributed by atoms with Crippen molar-refractivity contribution < 1.29 is 18.8 Å². The zero-order chi connectivity index (χ0) is 15.6. The molecule has 0 radical (unpaired) electrons. The lowest BCUT2D eigenvalue weighted by atomic mass is 10.1. The Labute approximate surface area is 120 Å². The zero-order valence-corrected chi connectivity index (χ0v) is 11.8. The van der Waals surface area contributed by atoms with Crippen LogP contribution in [0.25, 0.3) is 0 Å². The number of nitrogens with one attached hydrogen (secondary N) is 1. The van der Waals surface area contributed by atoms with Crippen molar-refractivity contribution in [3.63, 3.8) is 0 Å². The van der Waals surface area contributed by atoms with Crippen LogP contribution in [-0.2, 0) is 11.8 Å². The van der Waals surface area contributed by atoms with Crippen LogP contribution in [0.3, 0.4) is 0 Å². The van der Waals surface area contributed by atoms with E-state index >= 15 is 0 Å². The number of benzene rings is 1. The molecule has 1 heterocycles. The van der Waals surface area contributed by atoms with Crippen LogP contribution in [0.2, 0.25) is 0 Å². The predicted molar refractivity (Wildman–Crippen MR) is 74.4 cm³/mol. The smallest absolute Gasteiger partial charge is 0.370 e. The lowest BCUT2D eigenvalue weighted by Gasteiger charge is -2.08. The van der Waals surface area contributed by atoms with Gasteiger partial charge in [0.1, 0.15) is 5.56 Å². The van der Waals surface area contributed by atoms with E-state index in [0.717, 1.165) is 0 Å². The molecule has 0 aliphatic rings. The molecule has 0 bridgehead atoms. The highest BCUT2D eigenvalue weighted by atomic mass is 16.5. The maximum Gasteiger partial charge on any atom is 0.370 e. The minimum atomic E-state index is -0.733. The second kappa shape index (κ2) is 5.66. The van der Waals surface area contributed by atoms with Crippen molar-refractivity contribution in [3.8, 4) is 0 Å². The second-order valence-electron chi connectivity index (χ2n) is 4.33. The topological polar surface area (TPSA) is 90.5 Å². The van der Waals surface area contributed by atoms with Gasteiger partial charge in [-0.1, -0.05) is 12.1 Å². The number of para-hydroxylation sites is 1. The minimum absolute atomic E-state index is 0.0998. The fourth-order valence-electron chi connectivity index (χ4n) is 1.87. The van der Waals surface area contributed by atoms with Gasteiger partial charge in [0.05, 0.1) is 24.1 Å². The summed E-state index contributed by atoms with van der Waals surface area (Å²) >= 11 is 0. The molecule has 0 atom stereocenters. The lowest BCUT2D eigenvalue weighted by molar-refractivity contribution is 0.0602. The Morgan fingerprint density at radius 1 is 1.29 bits per heavy atom. The first-order valence-corrected chi connectivity index (χ1v) is 6.11. The summed E-state index contributed by atoms with van der Waals surface area (Å²) in [7, 11) is 2.77. The van der Waals surface area contributed by atoms with E-state index in [2.05, 4.69) is 10.1 Å². The summed E-state index contributed by atoms with van der Waals surface area (Å²) in [6.07, 6.45) is 0. The summed E-state index contributed by atoms with van der Waals surface area (Å²) in [6.45, 7) is 1.59. The maximum absolute atomic E-state index is 12.2. The van der Waals surface area contributed by atoms with Gasteiger partial charge in [0.2, 0.25) is 0 Å². The van der Waals surface area contributed by atoms with Gasteiger partial charge in [-0.2, -0.15) is 0 Å². The molecule has 0 saturated carbocycles. The largest absolute Gasteiger partial charge is 0.465 e. The number of hydrogen-bond donors (Lipinski definition) is 1. The molecule has 1 aromatic carbocycles. The van der Waals surface area contributed by atoms with Crippen LogP contribution in [0.1, 0.15) is 26.4 Å². The summed E-state index contributed by atoms with van der Waals surface area (Å²) in [5.41, 5.74) is 0.0246. The molecule has 0 fully saturated rings. The molecule has 2 aromatic rings. The molecule has 21 heavy (non-hydrogen) atoms. The zero-order valence-electron chi connectivity index (χ0n) is 11.8. The number of amides is 1. The average Bonchev–Trinajstić information content (AvgIpc) is 2.71. The van der Waals surface area contributed by atoms with E-state index in [9.17, 15) is 14.4 Å². The Morgan fingerprint density at radius 2 is 1.95 bits per heavy atom. The van der Waals surface area contributed by atoms with Crippen molar-refractivity contribution in [2.45, 2.75) is 6.92 Å². The first-order chi connectivity index (χ1) is 9.95. The third kappa shape index (κ3) is 2.71. The van der Waals surface area contributed by atoms with Gasteiger partial charge in [0.25, 0.3) is 5.91 Å². The van der Waals surface area contributed by atoms with Crippen molar-refractivity contribution in [1.82, 2.24) is 4.74 Å². The molecule has 7 heteroatoms. The van der Waals surface area contributed by atoms with Crippen LogP contribution in [0.5, 0.6) is 0 Å². The highest BCUT2D eigenvalue weighted by Gasteiger charge is 2.21. The molecule has 1 amide bonds. The van der Waals surface area contributed by atoms with Crippen LogP contribution >= 0.6 is 0 Å². The van der Waals surface area contributed by atoms with Crippen LogP contribution in [-0.4, -0.2) is 23.7 Å². The molecule has 1 aromatic heterocycles. The molecule has 110 valence electrons. The van der Waals surface area contributed by atoms with Crippen molar-refractivity contribution in [2.75, 3.05) is 12.4 Å². The molecular formula is C14H14N2O5. The summed E-state index contributed by atoms with van der Waals surface area (Å²) in [5, 5.41) is 2.52. The molecule has 7 nitrogen and oxygen atoms in total. The summed E-state index contributed by atoms with van der Waals surface area (Å²) in [4.78, 5) is 35.5. The van der Waals surface area contributed by atoms with Gasteiger partial charge in [-0.05, 0) is 19.1 Å².